The van der Waals surface area contributed by atoms with Crippen molar-refractivity contribution in [3.05, 3.63) is 247 Å². The van der Waals surface area contributed by atoms with Crippen molar-refractivity contribution in [1.82, 2.24) is 15.0 Å². The van der Waals surface area contributed by atoms with E-state index in [0.717, 1.165) is 27.8 Å². The Bertz CT molecular complexity index is 3390. The van der Waals surface area contributed by atoms with Gasteiger partial charge in [-0.1, -0.05) is 206 Å². The molecule has 3 nitrogen and oxygen atoms in total. The van der Waals surface area contributed by atoms with Crippen molar-refractivity contribution in [3.63, 3.8) is 0 Å². The van der Waals surface area contributed by atoms with Gasteiger partial charge in [0.05, 0.1) is 5.41 Å². The number of benzene rings is 9. The van der Waals surface area contributed by atoms with Gasteiger partial charge in [0.1, 0.15) is 0 Å². The molecule has 9 aromatic carbocycles. The first-order chi connectivity index (χ1) is 30.7. The van der Waals surface area contributed by atoms with Crippen LogP contribution in [-0.2, 0) is 5.41 Å². The van der Waals surface area contributed by atoms with E-state index in [1.54, 1.807) is 0 Å². The van der Waals surface area contributed by atoms with Crippen molar-refractivity contribution in [3.8, 4) is 67.5 Å². The third-order valence-corrected chi connectivity index (χ3v) is 13.6. The number of fused-ring (bicyclic) bond motifs is 6. The van der Waals surface area contributed by atoms with Crippen molar-refractivity contribution in [1.29, 1.82) is 0 Å². The van der Waals surface area contributed by atoms with Crippen LogP contribution >= 0.6 is 11.3 Å². The third-order valence-electron chi connectivity index (χ3n) is 12.5. The van der Waals surface area contributed by atoms with E-state index in [-0.39, 0.29) is 0 Å². The first kappa shape index (κ1) is 36.1. The Balaban J connectivity index is 1.03. The summed E-state index contributed by atoms with van der Waals surface area (Å²) in [4.78, 5) is 15.8. The molecular weight excluding hydrogens is 771 g/mol. The number of thiophene rings is 1. The van der Waals surface area contributed by atoms with Crippen LogP contribution in [0.3, 0.4) is 0 Å². The fourth-order valence-corrected chi connectivity index (χ4v) is 10.7. The molecule has 12 rings (SSSR count). The molecular formula is C58H37N3S. The molecule has 4 heteroatoms. The van der Waals surface area contributed by atoms with Crippen molar-refractivity contribution in [2.24, 2.45) is 0 Å². The summed E-state index contributed by atoms with van der Waals surface area (Å²) in [6.45, 7) is 0. The van der Waals surface area contributed by atoms with Crippen LogP contribution in [0.25, 0.3) is 87.7 Å². The highest BCUT2D eigenvalue weighted by molar-refractivity contribution is 7.25. The molecule has 62 heavy (non-hydrogen) atoms. The lowest BCUT2D eigenvalue weighted by Crippen LogP contribution is -2.28. The second-order valence-electron chi connectivity index (χ2n) is 15.9. The predicted molar refractivity (Wildman–Crippen MR) is 257 cm³/mol. The van der Waals surface area contributed by atoms with Crippen molar-refractivity contribution >= 4 is 31.5 Å². The van der Waals surface area contributed by atoms with Crippen LogP contribution in [0.15, 0.2) is 224 Å². The van der Waals surface area contributed by atoms with Crippen LogP contribution in [0.2, 0.25) is 0 Å². The van der Waals surface area contributed by atoms with Gasteiger partial charge < -0.3 is 0 Å². The van der Waals surface area contributed by atoms with E-state index in [1.165, 1.54) is 64.7 Å². The molecule has 0 amide bonds. The zero-order valence-electron chi connectivity index (χ0n) is 33.6. The van der Waals surface area contributed by atoms with Crippen LogP contribution in [0.1, 0.15) is 22.3 Å². The highest BCUT2D eigenvalue weighted by Gasteiger charge is 2.46. The summed E-state index contributed by atoms with van der Waals surface area (Å²) in [6, 6.07) is 80.4. The number of aromatic nitrogens is 3. The maximum absolute atomic E-state index is 5.30. The summed E-state index contributed by atoms with van der Waals surface area (Å²) in [5, 5.41) is 2.59. The molecule has 1 aliphatic carbocycles. The fraction of sp³-hybridized carbons (Fsp3) is 0.0172. The van der Waals surface area contributed by atoms with Crippen LogP contribution in [0.4, 0.5) is 0 Å². The van der Waals surface area contributed by atoms with Gasteiger partial charge in [-0.25, -0.2) is 15.0 Å². The van der Waals surface area contributed by atoms with E-state index in [2.05, 4.69) is 218 Å². The molecule has 0 spiro atoms. The average Bonchev–Trinajstić information content (AvgIpc) is 3.89. The Labute approximate surface area is 364 Å². The molecule has 0 atom stereocenters. The zero-order chi connectivity index (χ0) is 41.0. The molecule has 1 aliphatic rings. The maximum Gasteiger partial charge on any atom is 0.164 e. The molecule has 0 N–H and O–H groups in total. The Kier molecular flexibility index (Phi) is 8.58. The number of nitrogens with zero attached hydrogens (tertiary/aromatic N) is 3. The van der Waals surface area contributed by atoms with Crippen molar-refractivity contribution in [2.45, 2.75) is 5.41 Å². The van der Waals surface area contributed by atoms with Gasteiger partial charge in [-0.05, 0) is 73.8 Å². The maximum atomic E-state index is 5.30. The molecule has 0 saturated carbocycles. The standard InChI is InChI=1S/C58H37N3S/c1-4-15-38(16-5-1)39-27-31-41(32-28-39)55-59-56(42-33-29-40(30-34-42)46-23-14-26-53-54(46)49-22-11-13-25-52(49)62-53)61-57(60-55)43-35-36-48-47-21-10-12-24-50(47)58(51(48)37-43,44-17-6-2-7-18-44)45-19-8-3-9-20-45/h1-37H. The zero-order valence-corrected chi connectivity index (χ0v) is 34.4. The SMILES string of the molecule is c1ccc(-c2ccc(-c3nc(-c4ccc(-c5cccc6sc7ccccc7c56)cc4)nc(-c4ccc5c(c4)C(c4ccccc4)(c4ccccc4)c4ccccc4-5)n3)cc2)cc1. The van der Waals surface area contributed by atoms with Gasteiger partial charge in [0.25, 0.3) is 0 Å². The molecule has 0 radical (unpaired) electrons. The molecule has 0 saturated heterocycles. The van der Waals surface area contributed by atoms with E-state index in [0.29, 0.717) is 17.5 Å². The predicted octanol–water partition coefficient (Wildman–Crippen LogP) is 14.9. The number of hydrogen-bond donors (Lipinski definition) is 0. The van der Waals surface area contributed by atoms with E-state index in [1.807, 2.05) is 17.4 Å². The monoisotopic (exact) mass is 807 g/mol. The molecule has 290 valence electrons. The molecule has 2 heterocycles. The summed E-state index contributed by atoms with van der Waals surface area (Å²) in [6.07, 6.45) is 0. The van der Waals surface area contributed by atoms with E-state index in [9.17, 15) is 0 Å². The van der Waals surface area contributed by atoms with Crippen molar-refractivity contribution in [2.75, 3.05) is 0 Å². The van der Waals surface area contributed by atoms with Crippen molar-refractivity contribution < 1.29 is 0 Å². The lowest BCUT2D eigenvalue weighted by Gasteiger charge is -2.34. The van der Waals surface area contributed by atoms with Gasteiger partial charge in [0, 0.05) is 36.9 Å². The van der Waals surface area contributed by atoms with Crippen LogP contribution in [0.5, 0.6) is 0 Å². The minimum Gasteiger partial charge on any atom is -0.208 e. The normalized spacial score (nSPS) is 12.6. The first-order valence-corrected chi connectivity index (χ1v) is 21.8. The largest absolute Gasteiger partial charge is 0.208 e. The fourth-order valence-electron chi connectivity index (χ4n) is 9.60. The molecule has 2 aromatic heterocycles. The Morgan fingerprint density at radius 3 is 1.45 bits per heavy atom. The van der Waals surface area contributed by atoms with Gasteiger partial charge in [-0.2, -0.15) is 0 Å². The lowest BCUT2D eigenvalue weighted by atomic mass is 9.67. The lowest BCUT2D eigenvalue weighted by molar-refractivity contribution is 0.768. The quantitative estimate of drug-likeness (QED) is 0.161. The summed E-state index contributed by atoms with van der Waals surface area (Å²) >= 11 is 1.84. The number of hydrogen-bond acceptors (Lipinski definition) is 4. The Morgan fingerprint density at radius 2 is 0.774 bits per heavy atom. The average molecular weight is 808 g/mol. The molecule has 0 fully saturated rings. The molecule has 0 bridgehead atoms. The van der Waals surface area contributed by atoms with Gasteiger partial charge in [-0.15, -0.1) is 11.3 Å². The van der Waals surface area contributed by atoms with Crippen LogP contribution in [-0.4, -0.2) is 15.0 Å². The van der Waals surface area contributed by atoms with Gasteiger partial charge in [0.2, 0.25) is 0 Å². The highest BCUT2D eigenvalue weighted by atomic mass is 32.1. The van der Waals surface area contributed by atoms with E-state index in [4.69, 9.17) is 15.0 Å². The van der Waals surface area contributed by atoms with Gasteiger partial charge in [-0.3, -0.25) is 0 Å². The number of rotatable bonds is 7. The smallest absolute Gasteiger partial charge is 0.164 e. The Morgan fingerprint density at radius 1 is 0.306 bits per heavy atom. The third kappa shape index (κ3) is 5.83. The summed E-state index contributed by atoms with van der Waals surface area (Å²) in [5.74, 6) is 1.89. The summed E-state index contributed by atoms with van der Waals surface area (Å²) < 4.78 is 2.59. The second-order valence-corrected chi connectivity index (χ2v) is 17.0. The topological polar surface area (TPSA) is 38.7 Å². The van der Waals surface area contributed by atoms with E-state index < -0.39 is 5.41 Å². The molecule has 0 aliphatic heterocycles. The minimum absolute atomic E-state index is 0.539. The highest BCUT2D eigenvalue weighted by Crippen LogP contribution is 2.56. The summed E-state index contributed by atoms with van der Waals surface area (Å²) in [7, 11) is 0. The van der Waals surface area contributed by atoms with E-state index >= 15 is 0 Å². The molecule has 11 aromatic rings. The first-order valence-electron chi connectivity index (χ1n) is 21.0. The Hall–Kier alpha value is -7.79. The van der Waals surface area contributed by atoms with Gasteiger partial charge >= 0.3 is 0 Å². The minimum atomic E-state index is -0.539. The molecule has 0 unspecified atom stereocenters. The summed E-state index contributed by atoms with van der Waals surface area (Å²) in [5.41, 5.74) is 14.3. The van der Waals surface area contributed by atoms with Gasteiger partial charge in [0.15, 0.2) is 17.5 Å². The van der Waals surface area contributed by atoms with Crippen LogP contribution in [0, 0.1) is 0 Å². The second kappa shape index (κ2) is 14.7. The van der Waals surface area contributed by atoms with Crippen LogP contribution < -0.4 is 0 Å².